The molecule has 0 atom stereocenters. The minimum absolute atomic E-state index is 0.0135. The van der Waals surface area contributed by atoms with E-state index < -0.39 is 11.8 Å². The number of pyridine rings is 1. The van der Waals surface area contributed by atoms with Gasteiger partial charge in [0.1, 0.15) is 5.82 Å². The van der Waals surface area contributed by atoms with E-state index in [0.717, 1.165) is 18.4 Å². The molecule has 2 aromatic rings. The Morgan fingerprint density at radius 1 is 1.24 bits per heavy atom. The van der Waals surface area contributed by atoms with Crippen LogP contribution in [0.3, 0.4) is 0 Å². The summed E-state index contributed by atoms with van der Waals surface area (Å²) in [5.41, 5.74) is 2.38. The maximum Gasteiger partial charge on any atom is 0.310 e. The number of nitrogens with zero attached hydrogens (tertiary/aromatic N) is 1. The number of hydrogen-bond donors (Lipinski definition) is 0. The molecular weight excluding hydrogens is 324 g/mol. The summed E-state index contributed by atoms with van der Waals surface area (Å²) in [6, 6.07) is 5.61. The van der Waals surface area contributed by atoms with Gasteiger partial charge in [0.25, 0.3) is 0 Å². The van der Waals surface area contributed by atoms with Crippen LogP contribution in [0.25, 0.3) is 11.1 Å². The maximum atomic E-state index is 14.1. The highest BCUT2D eigenvalue weighted by Crippen LogP contribution is 2.32. The summed E-state index contributed by atoms with van der Waals surface area (Å²) in [6.45, 7) is 6.24. The minimum Gasteiger partial charge on any atom is -0.465 e. The summed E-state index contributed by atoms with van der Waals surface area (Å²) >= 11 is 0. The molecule has 0 N–H and O–H groups in total. The smallest absolute Gasteiger partial charge is 0.310 e. The zero-order chi connectivity index (χ0) is 18.4. The fourth-order valence-corrected chi connectivity index (χ4v) is 2.72. The van der Waals surface area contributed by atoms with E-state index in [1.54, 1.807) is 6.07 Å². The van der Waals surface area contributed by atoms with E-state index in [1.807, 2.05) is 20.8 Å². The third kappa shape index (κ3) is 5.08. The van der Waals surface area contributed by atoms with Gasteiger partial charge in [0, 0.05) is 12.3 Å². The van der Waals surface area contributed by atoms with Crippen molar-refractivity contribution in [3.63, 3.8) is 0 Å². The number of rotatable bonds is 7. The number of ether oxygens (including phenoxy) is 1. The zero-order valence-electron chi connectivity index (χ0n) is 14.8. The van der Waals surface area contributed by atoms with Gasteiger partial charge in [-0.15, -0.1) is 0 Å². The van der Waals surface area contributed by atoms with Gasteiger partial charge >= 0.3 is 5.97 Å². The normalized spacial score (nSPS) is 11.0. The molecule has 25 heavy (non-hydrogen) atoms. The van der Waals surface area contributed by atoms with Crippen molar-refractivity contribution < 1.29 is 18.3 Å². The lowest BCUT2D eigenvalue weighted by Crippen LogP contribution is -2.12. The standard InChI is InChI=1S/C20H23F2NO2/c1-4-5-8-25-20(24)12-18-16(13(2)3)10-15(21)11-17(18)14-6-7-23-19(22)9-14/h6-7,9-11,13H,4-5,8,12H2,1-3H3. The molecule has 0 amide bonds. The molecule has 0 spiro atoms. The number of benzene rings is 1. The Bertz CT molecular complexity index is 744. The Hall–Kier alpha value is -2.30. The summed E-state index contributed by atoms with van der Waals surface area (Å²) in [5, 5.41) is 0. The van der Waals surface area contributed by atoms with Gasteiger partial charge in [-0.05, 0) is 52.8 Å². The Balaban J connectivity index is 2.45. The van der Waals surface area contributed by atoms with Crippen molar-refractivity contribution in [2.45, 2.75) is 46.0 Å². The maximum absolute atomic E-state index is 14.1. The first-order valence-corrected chi connectivity index (χ1v) is 8.52. The molecule has 0 aliphatic carbocycles. The second-order valence-corrected chi connectivity index (χ2v) is 6.29. The highest BCUT2D eigenvalue weighted by molar-refractivity contribution is 5.79. The second kappa shape index (κ2) is 8.70. The van der Waals surface area contributed by atoms with Gasteiger partial charge in [-0.1, -0.05) is 27.2 Å². The first-order chi connectivity index (χ1) is 11.9. The molecule has 0 saturated carbocycles. The Morgan fingerprint density at radius 3 is 2.64 bits per heavy atom. The van der Waals surface area contributed by atoms with E-state index in [0.29, 0.717) is 23.3 Å². The van der Waals surface area contributed by atoms with Crippen LogP contribution in [0.5, 0.6) is 0 Å². The lowest BCUT2D eigenvalue weighted by molar-refractivity contribution is -0.142. The molecule has 5 heteroatoms. The summed E-state index contributed by atoms with van der Waals surface area (Å²) < 4.78 is 32.9. The molecule has 0 aliphatic rings. The third-order valence-corrected chi connectivity index (χ3v) is 3.99. The molecule has 1 aromatic heterocycles. The molecule has 0 bridgehead atoms. The molecule has 0 aliphatic heterocycles. The number of carbonyl (C=O) groups excluding carboxylic acids is 1. The van der Waals surface area contributed by atoms with Crippen molar-refractivity contribution in [1.82, 2.24) is 4.98 Å². The Labute approximate surface area is 147 Å². The predicted octanol–water partition coefficient (Wildman–Crippen LogP) is 5.04. The molecule has 1 aromatic carbocycles. The number of carbonyl (C=O) groups is 1. The summed E-state index contributed by atoms with van der Waals surface area (Å²) in [4.78, 5) is 15.7. The van der Waals surface area contributed by atoms with Crippen molar-refractivity contribution in [3.8, 4) is 11.1 Å². The topological polar surface area (TPSA) is 39.2 Å². The zero-order valence-corrected chi connectivity index (χ0v) is 14.8. The summed E-state index contributed by atoms with van der Waals surface area (Å²) in [5.74, 6) is -1.42. The third-order valence-electron chi connectivity index (χ3n) is 3.99. The Kier molecular flexibility index (Phi) is 6.62. The highest BCUT2D eigenvalue weighted by atomic mass is 19.1. The molecule has 2 rings (SSSR count). The van der Waals surface area contributed by atoms with E-state index in [2.05, 4.69) is 4.98 Å². The first kappa shape index (κ1) is 19.0. The van der Waals surface area contributed by atoms with Gasteiger partial charge in [0.05, 0.1) is 13.0 Å². The molecule has 0 saturated heterocycles. The van der Waals surface area contributed by atoms with Crippen molar-refractivity contribution in [1.29, 1.82) is 0 Å². The van der Waals surface area contributed by atoms with E-state index in [1.165, 1.54) is 24.4 Å². The SMILES string of the molecule is CCCCOC(=O)Cc1c(-c2ccnc(F)c2)cc(F)cc1C(C)C. The van der Waals surface area contributed by atoms with Gasteiger partial charge in [-0.2, -0.15) is 4.39 Å². The first-order valence-electron chi connectivity index (χ1n) is 8.52. The van der Waals surface area contributed by atoms with Crippen LogP contribution in [0.2, 0.25) is 0 Å². The molecular formula is C20H23F2NO2. The van der Waals surface area contributed by atoms with E-state index in [-0.39, 0.29) is 18.3 Å². The van der Waals surface area contributed by atoms with Crippen LogP contribution in [-0.4, -0.2) is 17.6 Å². The summed E-state index contributed by atoms with van der Waals surface area (Å²) in [7, 11) is 0. The quantitative estimate of drug-likeness (QED) is 0.400. The lowest BCUT2D eigenvalue weighted by atomic mass is 9.88. The average Bonchev–Trinajstić information content (AvgIpc) is 2.56. The van der Waals surface area contributed by atoms with Crippen molar-refractivity contribution >= 4 is 5.97 Å². The molecule has 3 nitrogen and oxygen atoms in total. The van der Waals surface area contributed by atoms with E-state index in [4.69, 9.17) is 4.74 Å². The number of halogens is 2. The van der Waals surface area contributed by atoms with Crippen LogP contribution in [0.4, 0.5) is 8.78 Å². The van der Waals surface area contributed by atoms with E-state index in [9.17, 15) is 13.6 Å². The van der Waals surface area contributed by atoms with Gasteiger partial charge < -0.3 is 4.74 Å². The molecule has 134 valence electrons. The number of esters is 1. The van der Waals surface area contributed by atoms with Gasteiger partial charge in [-0.3, -0.25) is 4.79 Å². The van der Waals surface area contributed by atoms with Crippen LogP contribution in [0.15, 0.2) is 30.5 Å². The van der Waals surface area contributed by atoms with Gasteiger partial charge in [-0.25, -0.2) is 9.37 Å². The minimum atomic E-state index is -0.649. The highest BCUT2D eigenvalue weighted by Gasteiger charge is 2.19. The van der Waals surface area contributed by atoms with Crippen LogP contribution in [-0.2, 0) is 16.0 Å². The second-order valence-electron chi connectivity index (χ2n) is 6.29. The van der Waals surface area contributed by atoms with E-state index >= 15 is 0 Å². The number of aromatic nitrogens is 1. The monoisotopic (exact) mass is 347 g/mol. The Morgan fingerprint density at radius 2 is 2.00 bits per heavy atom. The number of unbranched alkanes of at least 4 members (excludes halogenated alkanes) is 1. The van der Waals surface area contributed by atoms with Gasteiger partial charge in [0.15, 0.2) is 0 Å². The largest absolute Gasteiger partial charge is 0.465 e. The van der Waals surface area contributed by atoms with Crippen LogP contribution in [0.1, 0.15) is 50.7 Å². The van der Waals surface area contributed by atoms with Crippen LogP contribution in [0, 0.1) is 11.8 Å². The van der Waals surface area contributed by atoms with Gasteiger partial charge in [0.2, 0.25) is 5.95 Å². The fraction of sp³-hybridized carbons (Fsp3) is 0.400. The molecule has 0 fully saturated rings. The van der Waals surface area contributed by atoms with Crippen molar-refractivity contribution in [2.75, 3.05) is 6.61 Å². The molecule has 1 heterocycles. The van der Waals surface area contributed by atoms with Crippen LogP contribution < -0.4 is 0 Å². The van der Waals surface area contributed by atoms with Crippen LogP contribution >= 0.6 is 0 Å². The number of hydrogen-bond acceptors (Lipinski definition) is 3. The molecule has 0 unspecified atom stereocenters. The fourth-order valence-electron chi connectivity index (χ4n) is 2.72. The lowest BCUT2D eigenvalue weighted by Gasteiger charge is -2.18. The average molecular weight is 347 g/mol. The summed E-state index contributed by atoms with van der Waals surface area (Å²) in [6.07, 6.45) is 3.09. The van der Waals surface area contributed by atoms with Crippen molar-refractivity contribution in [2.24, 2.45) is 0 Å². The van der Waals surface area contributed by atoms with Crippen molar-refractivity contribution in [3.05, 3.63) is 53.4 Å². The molecule has 0 radical (unpaired) electrons. The predicted molar refractivity (Wildman–Crippen MR) is 93.2 cm³/mol.